The molecule has 2 aromatic rings. The third-order valence-corrected chi connectivity index (χ3v) is 5.70. The summed E-state index contributed by atoms with van der Waals surface area (Å²) in [5, 5.41) is 5.33. The van der Waals surface area contributed by atoms with Gasteiger partial charge in [-0.05, 0) is 31.2 Å². The van der Waals surface area contributed by atoms with Gasteiger partial charge in [0.25, 0.3) is 0 Å². The topological polar surface area (TPSA) is 48.1 Å². The third-order valence-electron chi connectivity index (χ3n) is 5.70. The number of hydrogen-bond acceptors (Lipinski definition) is 4. The van der Waals surface area contributed by atoms with E-state index in [1.165, 1.54) is 12.8 Å². The summed E-state index contributed by atoms with van der Waals surface area (Å²) in [6.45, 7) is 0.731. The van der Waals surface area contributed by atoms with Gasteiger partial charge in [-0.2, -0.15) is 0 Å². The number of fused-ring (bicyclic) bond motifs is 1. The summed E-state index contributed by atoms with van der Waals surface area (Å²) in [5.41, 5.74) is 2.85. The molecule has 1 N–H and O–H groups in total. The van der Waals surface area contributed by atoms with E-state index in [1.54, 1.807) is 6.33 Å². The molecule has 1 saturated carbocycles. The third kappa shape index (κ3) is 3.32. The highest BCUT2D eigenvalue weighted by molar-refractivity contribution is 5.88. The molecule has 1 fully saturated rings. The second-order valence-electron chi connectivity index (χ2n) is 7.39. The van der Waals surface area contributed by atoms with E-state index in [0.29, 0.717) is 12.3 Å². The largest absolute Gasteiger partial charge is 0.346 e. The van der Waals surface area contributed by atoms with Gasteiger partial charge in [0.15, 0.2) is 0 Å². The molecular weight excluding hydrogens is 336 g/mol. The van der Waals surface area contributed by atoms with Gasteiger partial charge in [-0.25, -0.2) is 23.8 Å². The first-order valence-corrected chi connectivity index (χ1v) is 9.40. The van der Waals surface area contributed by atoms with Crippen LogP contribution in [0.4, 0.5) is 8.78 Å². The van der Waals surface area contributed by atoms with Crippen LogP contribution in [0.3, 0.4) is 0 Å². The molecule has 140 valence electrons. The molecule has 0 amide bonds. The average Bonchev–Trinajstić information content (AvgIpc) is 3.35. The Morgan fingerprint density at radius 2 is 2.04 bits per heavy atom. The number of alkyl halides is 2. The van der Waals surface area contributed by atoms with E-state index < -0.39 is 6.43 Å². The molecule has 0 spiro atoms. The van der Waals surface area contributed by atoms with E-state index in [9.17, 15) is 8.78 Å². The van der Waals surface area contributed by atoms with Gasteiger partial charge in [0.05, 0.1) is 5.69 Å². The average molecular weight is 361 g/mol. The Hall–Kier alpha value is -2.02. The van der Waals surface area contributed by atoms with Gasteiger partial charge >= 0.3 is 0 Å². The Bertz CT molecular complexity index is 781. The SMILES string of the molecule is CN1CC(c2ncnc3[nH]ccc23)=CN1C(CCC(F)F)C1CCCC1. The van der Waals surface area contributed by atoms with Gasteiger partial charge in [-0.1, -0.05) is 12.8 Å². The number of hydrogen-bond donors (Lipinski definition) is 1. The van der Waals surface area contributed by atoms with Crippen LogP contribution in [0.5, 0.6) is 0 Å². The van der Waals surface area contributed by atoms with Gasteiger partial charge in [0.2, 0.25) is 6.43 Å². The van der Waals surface area contributed by atoms with Gasteiger partial charge in [0.1, 0.15) is 12.0 Å². The highest BCUT2D eigenvalue weighted by atomic mass is 19.3. The summed E-state index contributed by atoms with van der Waals surface area (Å²) in [6.07, 6.45) is 8.49. The highest BCUT2D eigenvalue weighted by Gasteiger charge is 2.34. The number of likely N-dealkylation sites (N-methyl/N-ethyl adjacent to an activating group) is 1. The number of aromatic nitrogens is 3. The van der Waals surface area contributed by atoms with Crippen LogP contribution in [-0.4, -0.2) is 51.0 Å². The Morgan fingerprint density at radius 1 is 1.23 bits per heavy atom. The van der Waals surface area contributed by atoms with E-state index in [0.717, 1.165) is 41.7 Å². The molecule has 2 aromatic heterocycles. The van der Waals surface area contributed by atoms with Gasteiger partial charge in [0, 0.05) is 49.4 Å². The summed E-state index contributed by atoms with van der Waals surface area (Å²) in [7, 11) is 2.03. The number of nitrogens with one attached hydrogen (secondary N) is 1. The van der Waals surface area contributed by atoms with Crippen LogP contribution in [0.15, 0.2) is 24.8 Å². The normalized spacial score (nSPS) is 20.5. The van der Waals surface area contributed by atoms with Crippen LogP contribution in [0, 0.1) is 5.92 Å². The lowest BCUT2D eigenvalue weighted by Crippen LogP contribution is -2.43. The second-order valence-corrected chi connectivity index (χ2v) is 7.39. The van der Waals surface area contributed by atoms with Crippen molar-refractivity contribution in [1.29, 1.82) is 0 Å². The van der Waals surface area contributed by atoms with Crippen molar-refractivity contribution in [1.82, 2.24) is 25.0 Å². The fourth-order valence-corrected chi connectivity index (χ4v) is 4.46. The second kappa shape index (κ2) is 7.31. The minimum absolute atomic E-state index is 0.0375. The van der Waals surface area contributed by atoms with Crippen molar-refractivity contribution in [2.75, 3.05) is 13.6 Å². The minimum Gasteiger partial charge on any atom is -0.346 e. The van der Waals surface area contributed by atoms with Crippen LogP contribution in [0.1, 0.15) is 44.2 Å². The van der Waals surface area contributed by atoms with Crippen molar-refractivity contribution in [2.24, 2.45) is 5.92 Å². The molecule has 1 aliphatic heterocycles. The number of rotatable bonds is 6. The number of halogens is 2. The van der Waals surface area contributed by atoms with E-state index in [2.05, 4.69) is 31.2 Å². The molecule has 0 saturated heterocycles. The lowest BCUT2D eigenvalue weighted by atomic mass is 9.93. The molecule has 0 radical (unpaired) electrons. The molecule has 1 unspecified atom stereocenters. The zero-order valence-corrected chi connectivity index (χ0v) is 15.0. The number of H-pyrrole nitrogens is 1. The monoisotopic (exact) mass is 361 g/mol. The molecule has 26 heavy (non-hydrogen) atoms. The van der Waals surface area contributed by atoms with Crippen molar-refractivity contribution in [3.8, 4) is 0 Å². The maximum absolute atomic E-state index is 12.9. The number of nitrogens with zero attached hydrogens (tertiary/aromatic N) is 4. The Kier molecular flexibility index (Phi) is 4.89. The van der Waals surface area contributed by atoms with Gasteiger partial charge in [-0.3, -0.25) is 0 Å². The predicted octanol–water partition coefficient (Wildman–Crippen LogP) is 4.07. The van der Waals surface area contributed by atoms with Crippen LogP contribution >= 0.6 is 0 Å². The molecule has 0 bridgehead atoms. The van der Waals surface area contributed by atoms with E-state index in [-0.39, 0.29) is 12.5 Å². The fourth-order valence-electron chi connectivity index (χ4n) is 4.46. The number of hydrazine groups is 1. The molecular formula is C19H25F2N5. The quantitative estimate of drug-likeness (QED) is 0.843. The molecule has 4 rings (SSSR count). The van der Waals surface area contributed by atoms with E-state index in [1.807, 2.05) is 19.3 Å². The first-order valence-electron chi connectivity index (χ1n) is 9.40. The van der Waals surface area contributed by atoms with E-state index >= 15 is 0 Å². The minimum atomic E-state index is -2.24. The van der Waals surface area contributed by atoms with E-state index in [4.69, 9.17) is 0 Å². The summed E-state index contributed by atoms with van der Waals surface area (Å²) >= 11 is 0. The predicted molar refractivity (Wildman–Crippen MR) is 97.3 cm³/mol. The summed E-state index contributed by atoms with van der Waals surface area (Å²) in [4.78, 5) is 11.9. The smallest absolute Gasteiger partial charge is 0.238 e. The first kappa shape index (κ1) is 17.4. The molecule has 5 nitrogen and oxygen atoms in total. The maximum Gasteiger partial charge on any atom is 0.238 e. The van der Waals surface area contributed by atoms with Gasteiger partial charge in [-0.15, -0.1) is 0 Å². The molecule has 2 aliphatic rings. The Balaban J connectivity index is 1.62. The van der Waals surface area contributed by atoms with Crippen LogP contribution in [0.2, 0.25) is 0 Å². The van der Waals surface area contributed by atoms with Crippen molar-refractivity contribution in [3.05, 3.63) is 30.5 Å². The molecule has 1 aliphatic carbocycles. The van der Waals surface area contributed by atoms with Crippen molar-refractivity contribution >= 4 is 16.6 Å². The Labute approximate surface area is 152 Å². The summed E-state index contributed by atoms with van der Waals surface area (Å²) < 4.78 is 25.8. The van der Waals surface area contributed by atoms with Crippen LogP contribution in [-0.2, 0) is 0 Å². The van der Waals surface area contributed by atoms with Crippen molar-refractivity contribution < 1.29 is 8.78 Å². The zero-order chi connectivity index (χ0) is 18.1. The highest BCUT2D eigenvalue weighted by Crippen LogP contribution is 2.37. The van der Waals surface area contributed by atoms with Crippen LogP contribution < -0.4 is 0 Å². The fraction of sp³-hybridized carbons (Fsp3) is 0.579. The molecule has 3 heterocycles. The van der Waals surface area contributed by atoms with Crippen molar-refractivity contribution in [2.45, 2.75) is 51.0 Å². The summed E-state index contributed by atoms with van der Waals surface area (Å²) in [6, 6.07) is 2.12. The maximum atomic E-state index is 12.9. The standard InChI is InChI=1S/C19H25F2N5/c1-25-10-14(18-15-8-9-22-19(15)24-12-23-18)11-26(25)16(6-7-17(20)21)13-4-2-3-5-13/h8-9,11-13,16-17H,2-7,10H2,1H3,(H,22,23,24). The zero-order valence-electron chi connectivity index (χ0n) is 15.0. The Morgan fingerprint density at radius 3 is 2.81 bits per heavy atom. The van der Waals surface area contributed by atoms with Crippen LogP contribution in [0.25, 0.3) is 16.6 Å². The molecule has 0 aromatic carbocycles. The lowest BCUT2D eigenvalue weighted by molar-refractivity contribution is -0.000725. The number of aromatic amines is 1. The molecule has 7 heteroatoms. The molecule has 1 atom stereocenters. The summed E-state index contributed by atoms with van der Waals surface area (Å²) in [5.74, 6) is 0.490. The van der Waals surface area contributed by atoms with Gasteiger partial charge < -0.3 is 9.99 Å². The van der Waals surface area contributed by atoms with Crippen molar-refractivity contribution in [3.63, 3.8) is 0 Å². The lowest BCUT2D eigenvalue weighted by Gasteiger charge is -2.37. The first-order chi connectivity index (χ1) is 12.6.